The van der Waals surface area contributed by atoms with E-state index in [2.05, 4.69) is 58.3 Å². The van der Waals surface area contributed by atoms with E-state index in [4.69, 9.17) is 4.74 Å². The van der Waals surface area contributed by atoms with E-state index < -0.39 is 0 Å². The van der Waals surface area contributed by atoms with Crippen LogP contribution in [0.4, 0.5) is 0 Å². The van der Waals surface area contributed by atoms with E-state index in [1.165, 1.54) is 17.5 Å². The first kappa shape index (κ1) is 20.9. The SMILES string of the molecule is O=C1CCCCN1C1CCN(CCc2ccc(OCCc3ccccc3)cc2)CC1. The van der Waals surface area contributed by atoms with Crippen molar-refractivity contribution in [1.29, 1.82) is 0 Å². The largest absolute Gasteiger partial charge is 0.493 e. The standard InChI is InChI=1S/C26H34N2O2/c29-26-8-4-5-17-28(26)24-14-19-27(20-15-24)18-13-23-9-11-25(12-10-23)30-21-16-22-6-2-1-3-7-22/h1-3,6-7,9-12,24H,4-5,8,13-21H2. The second-order valence-corrected chi connectivity index (χ2v) is 8.60. The highest BCUT2D eigenvalue weighted by molar-refractivity contribution is 5.77. The zero-order valence-electron chi connectivity index (χ0n) is 18.0. The van der Waals surface area contributed by atoms with Gasteiger partial charge in [0.1, 0.15) is 5.75 Å². The quantitative estimate of drug-likeness (QED) is 0.654. The fraction of sp³-hybridized carbons (Fsp3) is 0.500. The first-order valence-electron chi connectivity index (χ1n) is 11.6. The molecule has 2 aromatic rings. The number of carbonyl (C=O) groups excluding carboxylic acids is 1. The number of benzene rings is 2. The molecule has 2 heterocycles. The molecule has 0 unspecified atom stereocenters. The Morgan fingerprint density at radius 2 is 1.57 bits per heavy atom. The highest BCUT2D eigenvalue weighted by atomic mass is 16.5. The van der Waals surface area contributed by atoms with Crippen LogP contribution in [-0.4, -0.2) is 54.5 Å². The molecule has 4 nitrogen and oxygen atoms in total. The molecule has 0 bridgehead atoms. The second kappa shape index (κ2) is 10.6. The van der Waals surface area contributed by atoms with Crippen LogP contribution in [0.15, 0.2) is 54.6 Å². The minimum absolute atomic E-state index is 0.380. The maximum absolute atomic E-state index is 12.2. The molecule has 4 rings (SSSR count). The van der Waals surface area contributed by atoms with Gasteiger partial charge in [0.2, 0.25) is 5.91 Å². The molecule has 2 saturated heterocycles. The average Bonchev–Trinajstić information content (AvgIpc) is 2.80. The monoisotopic (exact) mass is 406 g/mol. The third kappa shape index (κ3) is 5.85. The Balaban J connectivity index is 1.15. The van der Waals surface area contributed by atoms with Gasteiger partial charge in [-0.2, -0.15) is 0 Å². The minimum Gasteiger partial charge on any atom is -0.493 e. The van der Waals surface area contributed by atoms with Crippen molar-refractivity contribution in [2.24, 2.45) is 0 Å². The van der Waals surface area contributed by atoms with Gasteiger partial charge in [-0.3, -0.25) is 4.79 Å². The van der Waals surface area contributed by atoms with Crippen molar-refractivity contribution >= 4 is 5.91 Å². The minimum atomic E-state index is 0.380. The lowest BCUT2D eigenvalue weighted by atomic mass is 9.99. The molecule has 0 saturated carbocycles. The summed E-state index contributed by atoms with van der Waals surface area (Å²) >= 11 is 0. The van der Waals surface area contributed by atoms with Crippen molar-refractivity contribution in [3.05, 3.63) is 65.7 Å². The lowest BCUT2D eigenvalue weighted by Gasteiger charge is -2.40. The van der Waals surface area contributed by atoms with Crippen molar-refractivity contribution in [1.82, 2.24) is 9.80 Å². The van der Waals surface area contributed by atoms with E-state index in [9.17, 15) is 4.79 Å². The van der Waals surface area contributed by atoms with Crippen LogP contribution in [0.2, 0.25) is 0 Å². The Bertz CT molecular complexity index is 782. The third-order valence-corrected chi connectivity index (χ3v) is 6.50. The summed E-state index contributed by atoms with van der Waals surface area (Å²) in [6.45, 7) is 4.99. The highest BCUT2D eigenvalue weighted by Crippen LogP contribution is 2.22. The Hall–Kier alpha value is -2.33. The predicted molar refractivity (Wildman–Crippen MR) is 121 cm³/mol. The fourth-order valence-electron chi connectivity index (χ4n) is 4.64. The van der Waals surface area contributed by atoms with Crippen molar-refractivity contribution in [3.63, 3.8) is 0 Å². The lowest BCUT2D eigenvalue weighted by molar-refractivity contribution is -0.136. The van der Waals surface area contributed by atoms with Gasteiger partial charge in [-0.25, -0.2) is 0 Å². The molecule has 0 N–H and O–H groups in total. The Morgan fingerprint density at radius 1 is 0.833 bits per heavy atom. The normalized spacial score (nSPS) is 18.5. The van der Waals surface area contributed by atoms with Crippen molar-refractivity contribution < 1.29 is 9.53 Å². The predicted octanol–water partition coefficient (Wildman–Crippen LogP) is 4.33. The van der Waals surface area contributed by atoms with Gasteiger partial charge < -0.3 is 14.5 Å². The van der Waals surface area contributed by atoms with E-state index in [0.29, 0.717) is 18.6 Å². The van der Waals surface area contributed by atoms with E-state index in [1.807, 2.05) is 6.07 Å². The summed E-state index contributed by atoms with van der Waals surface area (Å²) in [5.41, 5.74) is 2.67. The van der Waals surface area contributed by atoms with Crippen LogP contribution >= 0.6 is 0 Å². The summed E-state index contributed by atoms with van der Waals surface area (Å²) in [6, 6.07) is 19.5. The molecule has 2 aromatic carbocycles. The van der Waals surface area contributed by atoms with Crippen molar-refractivity contribution in [2.75, 3.05) is 32.8 Å². The summed E-state index contributed by atoms with van der Waals surface area (Å²) in [6.07, 6.45) is 7.26. The second-order valence-electron chi connectivity index (χ2n) is 8.60. The smallest absolute Gasteiger partial charge is 0.222 e. The van der Waals surface area contributed by atoms with Gasteiger partial charge in [-0.05, 0) is 55.4 Å². The topological polar surface area (TPSA) is 32.8 Å². The molecule has 0 radical (unpaired) electrons. The highest BCUT2D eigenvalue weighted by Gasteiger charge is 2.29. The number of ether oxygens (including phenoxy) is 1. The molecular weight excluding hydrogens is 372 g/mol. The first-order valence-corrected chi connectivity index (χ1v) is 11.6. The van der Waals surface area contributed by atoms with Crippen molar-refractivity contribution in [3.8, 4) is 5.75 Å². The van der Waals surface area contributed by atoms with Crippen molar-refractivity contribution in [2.45, 2.75) is 51.0 Å². The maximum atomic E-state index is 12.2. The molecule has 2 aliphatic heterocycles. The molecule has 0 aromatic heterocycles. The average molecular weight is 407 g/mol. The van der Waals surface area contributed by atoms with Crippen LogP contribution in [0.1, 0.15) is 43.2 Å². The fourth-order valence-corrected chi connectivity index (χ4v) is 4.64. The molecule has 4 heteroatoms. The van der Waals surface area contributed by atoms with Crippen LogP contribution in [0, 0.1) is 0 Å². The number of nitrogens with zero attached hydrogens (tertiary/aromatic N) is 2. The van der Waals surface area contributed by atoms with Gasteiger partial charge in [0.05, 0.1) is 6.61 Å². The summed E-state index contributed by atoms with van der Waals surface area (Å²) in [4.78, 5) is 16.9. The van der Waals surface area contributed by atoms with E-state index >= 15 is 0 Å². The van der Waals surface area contributed by atoms with Gasteiger partial charge in [0.25, 0.3) is 0 Å². The zero-order valence-corrected chi connectivity index (χ0v) is 18.0. The Labute approximate surface area is 180 Å². The van der Waals surface area contributed by atoms with E-state index in [1.54, 1.807) is 0 Å². The summed E-state index contributed by atoms with van der Waals surface area (Å²) in [7, 11) is 0. The van der Waals surface area contributed by atoms with Crippen LogP contribution in [0.3, 0.4) is 0 Å². The molecule has 1 amide bonds. The zero-order chi connectivity index (χ0) is 20.6. The summed E-state index contributed by atoms with van der Waals surface area (Å²) in [5.74, 6) is 1.33. The van der Waals surface area contributed by atoms with Gasteiger partial charge in [0.15, 0.2) is 0 Å². The Kier molecular flexibility index (Phi) is 7.41. The van der Waals surface area contributed by atoms with Crippen LogP contribution < -0.4 is 4.74 Å². The molecule has 160 valence electrons. The molecule has 2 aliphatic rings. The van der Waals surface area contributed by atoms with Crippen LogP contribution in [0.5, 0.6) is 5.75 Å². The molecular formula is C26H34N2O2. The molecule has 0 spiro atoms. The Morgan fingerprint density at radius 3 is 2.30 bits per heavy atom. The number of hydrogen-bond acceptors (Lipinski definition) is 3. The lowest BCUT2D eigenvalue weighted by Crippen LogP contribution is -2.49. The van der Waals surface area contributed by atoms with Crippen LogP contribution in [-0.2, 0) is 17.6 Å². The number of amides is 1. The number of likely N-dealkylation sites (tertiary alicyclic amines) is 2. The van der Waals surface area contributed by atoms with Gasteiger partial charge >= 0.3 is 0 Å². The van der Waals surface area contributed by atoms with Crippen LogP contribution in [0.25, 0.3) is 0 Å². The third-order valence-electron chi connectivity index (χ3n) is 6.50. The van der Waals surface area contributed by atoms with E-state index in [-0.39, 0.29) is 0 Å². The number of piperidine rings is 2. The number of rotatable bonds is 8. The first-order chi connectivity index (χ1) is 14.8. The maximum Gasteiger partial charge on any atom is 0.222 e. The van der Waals surface area contributed by atoms with Gasteiger partial charge in [-0.1, -0.05) is 42.5 Å². The molecule has 30 heavy (non-hydrogen) atoms. The number of hydrogen-bond donors (Lipinski definition) is 0. The summed E-state index contributed by atoms with van der Waals surface area (Å²) < 4.78 is 5.89. The molecule has 2 fully saturated rings. The van der Waals surface area contributed by atoms with Gasteiger partial charge in [-0.15, -0.1) is 0 Å². The molecule has 0 aliphatic carbocycles. The molecule has 0 atom stereocenters. The summed E-state index contributed by atoms with van der Waals surface area (Å²) in [5, 5.41) is 0. The number of carbonyl (C=O) groups is 1. The van der Waals surface area contributed by atoms with Gasteiger partial charge in [0, 0.05) is 45.1 Å². The van der Waals surface area contributed by atoms with E-state index in [0.717, 1.165) is 70.5 Å².